The molecular weight excluding hydrogens is 600 g/mol. The molecule has 9 unspecified atom stereocenters. The minimum Gasteiger partial charge on any atom is -0.457 e. The summed E-state index contributed by atoms with van der Waals surface area (Å²) in [5.41, 5.74) is -0.863. The summed E-state index contributed by atoms with van der Waals surface area (Å²) >= 11 is 0. The predicted octanol–water partition coefficient (Wildman–Crippen LogP) is 4.79. The fraction of sp³-hybridized carbons (Fsp3) is 0.730. The summed E-state index contributed by atoms with van der Waals surface area (Å²) < 4.78 is 17.8. The number of carbonyl (C=O) groups is 2. The fourth-order valence-electron chi connectivity index (χ4n) is 6.45. The highest BCUT2D eigenvalue weighted by molar-refractivity contribution is 5.70. The number of allylic oxidation sites excluding steroid dienone is 2. The van der Waals surface area contributed by atoms with Gasteiger partial charge in [-0.3, -0.25) is 9.69 Å². The van der Waals surface area contributed by atoms with Crippen LogP contribution in [0.15, 0.2) is 48.6 Å². The number of carbonyl (C=O) groups excluding carboxylic acids is 2. The van der Waals surface area contributed by atoms with Crippen LogP contribution in [0.3, 0.4) is 0 Å². The highest BCUT2D eigenvalue weighted by Gasteiger charge is 2.47. The smallest absolute Gasteiger partial charge is 0.410 e. The van der Waals surface area contributed by atoms with Crippen LogP contribution in [-0.2, 0) is 19.0 Å². The van der Waals surface area contributed by atoms with E-state index in [1.54, 1.807) is 24.0 Å². The number of epoxide rings is 1. The monoisotopic (exact) mass is 660 g/mol. The van der Waals surface area contributed by atoms with Gasteiger partial charge in [0.1, 0.15) is 12.2 Å². The van der Waals surface area contributed by atoms with Gasteiger partial charge in [-0.2, -0.15) is 0 Å². The van der Waals surface area contributed by atoms with Crippen LogP contribution in [0.4, 0.5) is 4.79 Å². The Morgan fingerprint density at radius 2 is 1.94 bits per heavy atom. The fourth-order valence-corrected chi connectivity index (χ4v) is 6.45. The summed E-state index contributed by atoms with van der Waals surface area (Å²) in [7, 11) is 0. The molecule has 2 fully saturated rings. The number of ether oxygens (including phenoxy) is 3. The van der Waals surface area contributed by atoms with E-state index in [-0.39, 0.29) is 36.6 Å². The molecular formula is C37H60N2O8. The lowest BCUT2D eigenvalue weighted by Crippen LogP contribution is -2.50. The van der Waals surface area contributed by atoms with Crippen molar-refractivity contribution >= 4 is 12.1 Å². The van der Waals surface area contributed by atoms with Gasteiger partial charge in [-0.15, -0.1) is 6.58 Å². The van der Waals surface area contributed by atoms with Crippen LogP contribution in [0, 0.1) is 17.3 Å². The van der Waals surface area contributed by atoms with Gasteiger partial charge in [-0.05, 0) is 44.8 Å². The minimum absolute atomic E-state index is 0.00238. The highest BCUT2D eigenvalue weighted by Crippen LogP contribution is 2.38. The van der Waals surface area contributed by atoms with Crippen LogP contribution in [0.5, 0.6) is 0 Å². The van der Waals surface area contributed by atoms with E-state index in [0.717, 1.165) is 25.2 Å². The molecule has 3 rings (SSSR count). The minimum atomic E-state index is -1.13. The van der Waals surface area contributed by atoms with Crippen molar-refractivity contribution in [1.29, 1.82) is 0 Å². The number of aliphatic hydroxyl groups is 3. The number of piperazine rings is 1. The molecule has 10 heteroatoms. The summed E-state index contributed by atoms with van der Waals surface area (Å²) in [5.74, 6) is -0.751. The molecule has 2 saturated heterocycles. The van der Waals surface area contributed by atoms with Crippen LogP contribution < -0.4 is 0 Å². The maximum absolute atomic E-state index is 13.3. The Bertz CT molecular complexity index is 1140. The van der Waals surface area contributed by atoms with E-state index >= 15 is 0 Å². The van der Waals surface area contributed by atoms with Gasteiger partial charge in [-0.25, -0.2) is 4.79 Å². The number of hydrogen-bond donors (Lipinski definition) is 3. The molecule has 0 saturated carbocycles. The molecule has 0 aliphatic carbocycles. The quantitative estimate of drug-likeness (QED) is 0.124. The van der Waals surface area contributed by atoms with E-state index in [1.807, 2.05) is 65.8 Å². The zero-order chi connectivity index (χ0) is 34.9. The first-order valence-electron chi connectivity index (χ1n) is 17.3. The third kappa shape index (κ3) is 11.9. The normalized spacial score (nSPS) is 32.7. The molecule has 0 aromatic heterocycles. The molecule has 3 heterocycles. The average molecular weight is 661 g/mol. The largest absolute Gasteiger partial charge is 0.457 e. The summed E-state index contributed by atoms with van der Waals surface area (Å²) in [4.78, 5) is 30.1. The topological polar surface area (TPSA) is 132 Å². The molecule has 47 heavy (non-hydrogen) atoms. The number of hydrogen-bond acceptors (Lipinski definition) is 9. The average Bonchev–Trinajstić information content (AvgIpc) is 3.77. The zero-order valence-corrected chi connectivity index (χ0v) is 29.6. The number of nitrogens with zero attached hydrogens (tertiary/aromatic N) is 2. The maximum Gasteiger partial charge on any atom is 0.410 e. The van der Waals surface area contributed by atoms with Crippen LogP contribution in [0.1, 0.15) is 80.6 Å². The van der Waals surface area contributed by atoms with Crippen LogP contribution >= 0.6 is 0 Å². The standard InChI is InChI=1S/C37H60N2O8/c1-9-18-38-19-21-39(22-20-38)35(43)46-31-14-13-26(4)33(47-32(42)23-28(40)15-17-36(31,6)7)25(3)12-11-16-37(8,44)24-30-34(45-30)27(5)29(41)10-2/h9,11-14,16,26-31,33-34,40-41,44H,1,10,15,17-24H2,2-8H3/b14-13+,16-11+,25-12+. The van der Waals surface area contributed by atoms with Crippen molar-refractivity contribution in [3.05, 3.63) is 48.6 Å². The first-order chi connectivity index (χ1) is 22.1. The summed E-state index contributed by atoms with van der Waals surface area (Å²) in [6, 6.07) is 0. The van der Waals surface area contributed by atoms with Crippen molar-refractivity contribution in [3.8, 4) is 0 Å². The van der Waals surface area contributed by atoms with E-state index in [2.05, 4.69) is 11.5 Å². The second kappa shape index (κ2) is 17.2. The van der Waals surface area contributed by atoms with Gasteiger partial charge in [0.15, 0.2) is 0 Å². The van der Waals surface area contributed by atoms with E-state index in [0.29, 0.717) is 38.8 Å². The van der Waals surface area contributed by atoms with Gasteiger partial charge in [0.2, 0.25) is 0 Å². The number of cyclic esters (lactones) is 1. The molecule has 0 bridgehead atoms. The second-order valence-corrected chi connectivity index (χ2v) is 14.7. The van der Waals surface area contributed by atoms with E-state index in [9.17, 15) is 24.9 Å². The lowest BCUT2D eigenvalue weighted by molar-refractivity contribution is -0.151. The third-order valence-corrected chi connectivity index (χ3v) is 9.91. The Balaban J connectivity index is 1.73. The molecule has 10 nitrogen and oxygen atoms in total. The number of amides is 1. The lowest BCUT2D eigenvalue weighted by atomic mass is 9.80. The van der Waals surface area contributed by atoms with Crippen molar-refractivity contribution in [2.75, 3.05) is 32.7 Å². The number of rotatable bonds is 11. The Labute approximate surface area is 282 Å². The van der Waals surface area contributed by atoms with E-state index in [1.165, 1.54) is 0 Å². The Hall–Kier alpha value is -2.50. The van der Waals surface area contributed by atoms with E-state index in [4.69, 9.17) is 14.2 Å². The van der Waals surface area contributed by atoms with E-state index < -0.39 is 41.4 Å². The Kier molecular flexibility index (Phi) is 14.3. The molecule has 0 spiro atoms. The van der Waals surface area contributed by atoms with Crippen molar-refractivity contribution in [2.24, 2.45) is 17.3 Å². The SMILES string of the molecule is C=CCN1CCN(C(=O)OC2/C=C/C(C)C(/C(C)=C/C=C/C(C)(O)CC3OC3C(C)C(O)CC)OC(=O)CC(O)CCC2(C)C)CC1. The van der Waals surface area contributed by atoms with Crippen LogP contribution in [0.25, 0.3) is 0 Å². The molecule has 3 aliphatic rings. The van der Waals surface area contributed by atoms with Gasteiger partial charge in [-0.1, -0.05) is 65.0 Å². The summed E-state index contributed by atoms with van der Waals surface area (Å²) in [6.45, 7) is 20.7. The molecule has 0 aromatic rings. The first kappa shape index (κ1) is 38.9. The summed E-state index contributed by atoms with van der Waals surface area (Å²) in [5, 5.41) is 31.9. The highest BCUT2D eigenvalue weighted by atomic mass is 16.6. The van der Waals surface area contributed by atoms with Gasteiger partial charge >= 0.3 is 12.1 Å². The Morgan fingerprint density at radius 3 is 2.57 bits per heavy atom. The molecule has 1 amide bonds. The molecule has 3 N–H and O–H groups in total. The molecule has 9 atom stereocenters. The van der Waals surface area contributed by atoms with Crippen molar-refractivity contribution < 1.29 is 39.1 Å². The Morgan fingerprint density at radius 1 is 1.26 bits per heavy atom. The molecule has 0 aromatic carbocycles. The van der Waals surface area contributed by atoms with Gasteiger partial charge < -0.3 is 34.4 Å². The van der Waals surface area contributed by atoms with Gasteiger partial charge in [0.25, 0.3) is 0 Å². The molecule has 0 radical (unpaired) electrons. The van der Waals surface area contributed by atoms with Gasteiger partial charge in [0, 0.05) is 56.4 Å². The maximum atomic E-state index is 13.3. The van der Waals surface area contributed by atoms with Crippen molar-refractivity contribution in [1.82, 2.24) is 9.80 Å². The van der Waals surface area contributed by atoms with Crippen molar-refractivity contribution in [2.45, 2.75) is 123 Å². The third-order valence-electron chi connectivity index (χ3n) is 9.91. The zero-order valence-electron chi connectivity index (χ0n) is 29.6. The first-order valence-corrected chi connectivity index (χ1v) is 17.3. The molecule has 3 aliphatic heterocycles. The van der Waals surface area contributed by atoms with Crippen molar-refractivity contribution in [3.63, 3.8) is 0 Å². The molecule has 266 valence electrons. The number of esters is 1. The predicted molar refractivity (Wildman–Crippen MR) is 183 cm³/mol. The second-order valence-electron chi connectivity index (χ2n) is 14.7. The van der Waals surface area contributed by atoms with Crippen LogP contribution in [0.2, 0.25) is 0 Å². The summed E-state index contributed by atoms with van der Waals surface area (Å²) in [6.07, 6.45) is 9.75. The lowest BCUT2D eigenvalue weighted by Gasteiger charge is -2.37. The van der Waals surface area contributed by atoms with Crippen LogP contribution in [-0.4, -0.2) is 112 Å². The van der Waals surface area contributed by atoms with Gasteiger partial charge in [0.05, 0.1) is 36.4 Å². The number of aliphatic hydroxyl groups excluding tert-OH is 2.